The Bertz CT molecular complexity index is 1100. The number of nitrogens with one attached hydrogen (secondary N) is 2. The quantitative estimate of drug-likeness (QED) is 0.613. The summed E-state index contributed by atoms with van der Waals surface area (Å²) in [5, 5.41) is 22.3. The van der Waals surface area contributed by atoms with Crippen molar-refractivity contribution in [3.05, 3.63) is 29.7 Å². The molecule has 3 aromatic heterocycles. The first-order chi connectivity index (χ1) is 15.7. The molecule has 3 aliphatic rings. The second kappa shape index (κ2) is 7.95. The maximum Gasteiger partial charge on any atom is 0.250 e. The van der Waals surface area contributed by atoms with Gasteiger partial charge < -0.3 is 14.6 Å². The van der Waals surface area contributed by atoms with Crippen molar-refractivity contribution < 1.29 is 9.21 Å². The molecule has 6 rings (SSSR count). The molecule has 166 valence electrons. The zero-order valence-electron chi connectivity index (χ0n) is 17.7. The lowest BCUT2D eigenvalue weighted by Crippen LogP contribution is -2.37. The number of anilines is 1. The smallest absolute Gasteiger partial charge is 0.250 e. The summed E-state index contributed by atoms with van der Waals surface area (Å²) in [7, 11) is 0. The normalized spacial score (nSPS) is 24.4. The molecule has 0 radical (unpaired) electrons. The number of H-pyrrole nitrogens is 1. The Kier molecular flexibility index (Phi) is 4.80. The number of carbonyl (C=O) groups is 1. The monoisotopic (exact) mass is 435 g/mol. The Balaban J connectivity index is 1.06. The molecule has 11 nitrogen and oxygen atoms in total. The molecule has 1 amide bonds. The van der Waals surface area contributed by atoms with Crippen LogP contribution in [0.5, 0.6) is 0 Å². The molecule has 2 unspecified atom stereocenters. The topological polar surface area (TPSA) is 139 Å². The maximum absolute atomic E-state index is 12.6. The molecule has 2 atom stereocenters. The van der Waals surface area contributed by atoms with Gasteiger partial charge in [-0.25, -0.2) is 9.97 Å². The van der Waals surface area contributed by atoms with Gasteiger partial charge >= 0.3 is 0 Å². The summed E-state index contributed by atoms with van der Waals surface area (Å²) in [6.07, 6.45) is 10.7. The number of hydrogen-bond donors (Lipinski definition) is 2. The van der Waals surface area contributed by atoms with E-state index in [1.807, 2.05) is 0 Å². The van der Waals surface area contributed by atoms with Crippen molar-refractivity contribution >= 4 is 11.9 Å². The van der Waals surface area contributed by atoms with Crippen molar-refractivity contribution in [2.24, 2.45) is 11.8 Å². The van der Waals surface area contributed by atoms with E-state index in [-0.39, 0.29) is 18.2 Å². The summed E-state index contributed by atoms with van der Waals surface area (Å²) in [5.74, 6) is 2.88. The van der Waals surface area contributed by atoms with Gasteiger partial charge in [0.15, 0.2) is 0 Å². The van der Waals surface area contributed by atoms with E-state index < -0.39 is 0 Å². The van der Waals surface area contributed by atoms with E-state index in [0.29, 0.717) is 43.0 Å². The molecule has 2 N–H and O–H groups in total. The van der Waals surface area contributed by atoms with Crippen LogP contribution in [-0.4, -0.2) is 59.0 Å². The molecule has 2 fully saturated rings. The Morgan fingerprint density at radius 1 is 1.16 bits per heavy atom. The highest BCUT2D eigenvalue weighted by Crippen LogP contribution is 2.44. The third-order valence-electron chi connectivity index (χ3n) is 7.02. The first-order valence-electron chi connectivity index (χ1n) is 11.3. The van der Waals surface area contributed by atoms with E-state index in [2.05, 4.69) is 40.9 Å². The molecule has 4 heterocycles. The lowest BCUT2D eigenvalue weighted by Gasteiger charge is -2.25. The first kappa shape index (κ1) is 19.3. The zero-order chi connectivity index (χ0) is 21.5. The summed E-state index contributed by atoms with van der Waals surface area (Å²) in [6.45, 7) is 1.05. The van der Waals surface area contributed by atoms with Crippen molar-refractivity contribution in [2.45, 2.75) is 57.5 Å². The van der Waals surface area contributed by atoms with Gasteiger partial charge in [0, 0.05) is 31.4 Å². The van der Waals surface area contributed by atoms with Gasteiger partial charge in [-0.3, -0.25) is 9.89 Å². The number of amides is 1. The first-order valence-corrected chi connectivity index (χ1v) is 11.3. The third kappa shape index (κ3) is 3.71. The third-order valence-corrected chi connectivity index (χ3v) is 7.02. The van der Waals surface area contributed by atoms with Crippen LogP contribution in [0.1, 0.15) is 49.4 Å². The molecular weight excluding hydrogens is 410 g/mol. The number of nitrogens with zero attached hydrogens (tertiary/aromatic N) is 7. The van der Waals surface area contributed by atoms with Gasteiger partial charge in [0.25, 0.3) is 5.89 Å². The van der Waals surface area contributed by atoms with Crippen molar-refractivity contribution in [2.75, 3.05) is 11.9 Å². The van der Waals surface area contributed by atoms with Crippen LogP contribution < -0.4 is 5.32 Å². The fourth-order valence-electron chi connectivity index (χ4n) is 5.37. The lowest BCUT2D eigenvalue weighted by molar-refractivity contribution is -0.131. The average molecular weight is 435 g/mol. The maximum atomic E-state index is 12.6. The van der Waals surface area contributed by atoms with E-state index in [4.69, 9.17) is 4.42 Å². The molecule has 0 spiro atoms. The highest BCUT2D eigenvalue weighted by molar-refractivity contribution is 5.78. The molecular formula is C21H25N9O2. The molecule has 0 bridgehead atoms. The minimum atomic E-state index is -0.0778. The largest absolute Gasteiger partial charge is 0.420 e. The highest BCUT2D eigenvalue weighted by atomic mass is 16.4. The molecule has 32 heavy (non-hydrogen) atoms. The van der Waals surface area contributed by atoms with Crippen molar-refractivity contribution in [1.82, 2.24) is 40.5 Å². The lowest BCUT2D eigenvalue weighted by atomic mass is 10.0. The minimum Gasteiger partial charge on any atom is -0.420 e. The standard InChI is InChI=1S/C21H25N9O2/c31-19(30-5-4-16-17(11-30)26-29-25-16)8-18-27-28-20(32-18)14-9-22-21(23-10-14)24-15-6-12-2-1-3-13(12)7-15/h9-10,12-13,15H,1-8,11H2,(H,22,23,24)(H,25,26,29). The average Bonchev–Trinajstić information content (AvgIpc) is 3.58. The molecule has 2 saturated carbocycles. The number of rotatable bonds is 5. The van der Waals surface area contributed by atoms with E-state index in [0.717, 1.165) is 23.2 Å². The summed E-state index contributed by atoms with van der Waals surface area (Å²) >= 11 is 0. The van der Waals surface area contributed by atoms with E-state index in [9.17, 15) is 4.79 Å². The fourth-order valence-corrected chi connectivity index (χ4v) is 5.37. The minimum absolute atomic E-state index is 0.0463. The molecule has 1 aliphatic heterocycles. The van der Waals surface area contributed by atoms with Gasteiger partial charge in [-0.05, 0) is 24.7 Å². The van der Waals surface area contributed by atoms with Gasteiger partial charge in [-0.2, -0.15) is 0 Å². The summed E-state index contributed by atoms with van der Waals surface area (Å²) in [5.41, 5.74) is 2.43. The SMILES string of the molecule is O=C(Cc1nnc(-c2cnc(NC3CC4CCCC4C3)nc2)o1)N1CCc2[nH]nnc2C1. The van der Waals surface area contributed by atoms with Gasteiger partial charge in [-0.1, -0.05) is 24.5 Å². The Morgan fingerprint density at radius 2 is 1.97 bits per heavy atom. The molecule has 0 aromatic carbocycles. The van der Waals surface area contributed by atoms with Crippen LogP contribution in [0.3, 0.4) is 0 Å². The number of aromatic nitrogens is 7. The van der Waals surface area contributed by atoms with Crippen LogP contribution >= 0.6 is 0 Å². The predicted molar refractivity (Wildman–Crippen MR) is 112 cm³/mol. The van der Waals surface area contributed by atoms with Crippen LogP contribution in [0, 0.1) is 11.8 Å². The Hall–Kier alpha value is -3.37. The van der Waals surface area contributed by atoms with E-state index in [1.165, 1.54) is 32.1 Å². The Morgan fingerprint density at radius 3 is 2.78 bits per heavy atom. The second-order valence-electron chi connectivity index (χ2n) is 9.04. The van der Waals surface area contributed by atoms with Crippen molar-refractivity contribution in [3.8, 4) is 11.5 Å². The number of aromatic amines is 1. The van der Waals surface area contributed by atoms with Crippen LogP contribution in [0.15, 0.2) is 16.8 Å². The predicted octanol–water partition coefficient (Wildman–Crippen LogP) is 1.76. The van der Waals surface area contributed by atoms with E-state index in [1.54, 1.807) is 17.3 Å². The van der Waals surface area contributed by atoms with Crippen LogP contribution in [-0.2, 0) is 24.2 Å². The zero-order valence-corrected chi connectivity index (χ0v) is 17.7. The van der Waals surface area contributed by atoms with Gasteiger partial charge in [0.1, 0.15) is 12.1 Å². The van der Waals surface area contributed by atoms with Gasteiger partial charge in [-0.15, -0.1) is 15.3 Å². The number of fused-ring (bicyclic) bond motifs is 2. The number of hydrogen-bond acceptors (Lipinski definition) is 9. The van der Waals surface area contributed by atoms with Crippen LogP contribution in [0.4, 0.5) is 5.95 Å². The summed E-state index contributed by atoms with van der Waals surface area (Å²) < 4.78 is 5.70. The second-order valence-corrected chi connectivity index (χ2v) is 9.04. The van der Waals surface area contributed by atoms with Crippen LogP contribution in [0.2, 0.25) is 0 Å². The molecule has 2 aliphatic carbocycles. The van der Waals surface area contributed by atoms with Crippen LogP contribution in [0.25, 0.3) is 11.5 Å². The van der Waals surface area contributed by atoms with Gasteiger partial charge in [0.05, 0.1) is 17.8 Å². The van der Waals surface area contributed by atoms with E-state index >= 15 is 0 Å². The van der Waals surface area contributed by atoms with Crippen molar-refractivity contribution in [1.29, 1.82) is 0 Å². The molecule has 0 saturated heterocycles. The fraction of sp³-hybridized carbons (Fsp3) is 0.571. The number of carbonyl (C=O) groups excluding carboxylic acids is 1. The summed E-state index contributed by atoms with van der Waals surface area (Å²) in [6, 6.07) is 0.459. The highest BCUT2D eigenvalue weighted by Gasteiger charge is 2.37. The molecule has 11 heteroatoms. The van der Waals surface area contributed by atoms with Crippen molar-refractivity contribution in [3.63, 3.8) is 0 Å². The molecule has 3 aromatic rings. The van der Waals surface area contributed by atoms with Gasteiger partial charge in [0.2, 0.25) is 17.7 Å². The Labute approximate surface area is 184 Å². The summed E-state index contributed by atoms with van der Waals surface area (Å²) in [4.78, 5) is 23.2.